The SMILES string of the molecule is O=C(O)c1sc(-n2cccn2)cc1OC(F)F. The van der Waals surface area contributed by atoms with Crippen LogP contribution in [0.2, 0.25) is 0 Å². The number of carboxylic acid groups (broad SMARTS) is 1. The van der Waals surface area contributed by atoms with E-state index in [2.05, 4.69) is 9.84 Å². The quantitative estimate of drug-likeness (QED) is 0.915. The molecule has 2 heterocycles. The Kier molecular flexibility index (Phi) is 3.05. The standard InChI is InChI=1S/C9H6F2N2O3S/c10-9(11)16-5-4-6(13-3-1-2-12-13)17-7(5)8(14)15/h1-4,9H,(H,14,15). The summed E-state index contributed by atoms with van der Waals surface area (Å²) >= 11 is 0.810. The number of alkyl halides is 2. The minimum atomic E-state index is -3.06. The maximum absolute atomic E-state index is 12.1. The van der Waals surface area contributed by atoms with Crippen LogP contribution in [-0.2, 0) is 0 Å². The number of rotatable bonds is 4. The van der Waals surface area contributed by atoms with Crippen LogP contribution >= 0.6 is 11.3 Å². The van der Waals surface area contributed by atoms with E-state index in [-0.39, 0.29) is 10.6 Å². The zero-order valence-corrected chi connectivity index (χ0v) is 9.03. The first kappa shape index (κ1) is 11.5. The Labute approximate surface area is 97.9 Å². The number of ether oxygens (including phenoxy) is 1. The summed E-state index contributed by atoms with van der Waals surface area (Å²) in [5, 5.41) is 13.1. The zero-order chi connectivity index (χ0) is 12.4. The average Bonchev–Trinajstić information content (AvgIpc) is 2.82. The van der Waals surface area contributed by atoms with E-state index in [1.165, 1.54) is 16.9 Å². The van der Waals surface area contributed by atoms with Gasteiger partial charge in [0.05, 0.1) is 0 Å². The molecule has 1 N–H and O–H groups in total. The number of aromatic nitrogens is 2. The van der Waals surface area contributed by atoms with Crippen molar-refractivity contribution in [1.82, 2.24) is 9.78 Å². The van der Waals surface area contributed by atoms with E-state index in [9.17, 15) is 13.6 Å². The lowest BCUT2D eigenvalue weighted by Gasteiger charge is -2.01. The first-order valence-electron chi connectivity index (χ1n) is 4.40. The van der Waals surface area contributed by atoms with E-state index >= 15 is 0 Å². The van der Waals surface area contributed by atoms with Crippen LogP contribution in [0.4, 0.5) is 8.78 Å². The second-order valence-electron chi connectivity index (χ2n) is 2.91. The monoisotopic (exact) mass is 260 g/mol. The van der Waals surface area contributed by atoms with Gasteiger partial charge in [-0.3, -0.25) is 0 Å². The largest absolute Gasteiger partial charge is 0.477 e. The molecule has 2 aromatic rings. The van der Waals surface area contributed by atoms with E-state index in [0.29, 0.717) is 5.00 Å². The third-order valence-electron chi connectivity index (χ3n) is 1.83. The highest BCUT2D eigenvalue weighted by atomic mass is 32.1. The lowest BCUT2D eigenvalue weighted by molar-refractivity contribution is -0.0499. The van der Waals surface area contributed by atoms with Gasteiger partial charge in [0.25, 0.3) is 0 Å². The fourth-order valence-electron chi connectivity index (χ4n) is 1.21. The molecule has 0 aliphatic heterocycles. The van der Waals surface area contributed by atoms with Gasteiger partial charge in [-0.25, -0.2) is 9.48 Å². The number of hydrogen-bond donors (Lipinski definition) is 1. The van der Waals surface area contributed by atoms with Gasteiger partial charge in [0.2, 0.25) is 0 Å². The molecule has 0 amide bonds. The maximum atomic E-state index is 12.1. The fraction of sp³-hybridized carbons (Fsp3) is 0.111. The molecule has 0 saturated heterocycles. The summed E-state index contributed by atoms with van der Waals surface area (Å²) in [6, 6.07) is 2.85. The van der Waals surface area contributed by atoms with Crippen molar-refractivity contribution < 1.29 is 23.4 Å². The molecule has 0 bridgehead atoms. The summed E-state index contributed by atoms with van der Waals surface area (Å²) in [5.41, 5.74) is 0. The van der Waals surface area contributed by atoms with Crippen LogP contribution in [0.1, 0.15) is 9.67 Å². The molecule has 0 aliphatic carbocycles. The summed E-state index contributed by atoms with van der Waals surface area (Å²) in [6.07, 6.45) is 3.07. The summed E-state index contributed by atoms with van der Waals surface area (Å²) < 4.78 is 29.7. The molecule has 0 saturated carbocycles. The van der Waals surface area contributed by atoms with Crippen molar-refractivity contribution >= 4 is 17.3 Å². The van der Waals surface area contributed by atoms with Gasteiger partial charge >= 0.3 is 12.6 Å². The van der Waals surface area contributed by atoms with E-state index in [0.717, 1.165) is 11.3 Å². The highest BCUT2D eigenvalue weighted by Crippen LogP contribution is 2.32. The van der Waals surface area contributed by atoms with Gasteiger partial charge in [-0.15, -0.1) is 11.3 Å². The molecule has 2 aromatic heterocycles. The number of hydrogen-bond acceptors (Lipinski definition) is 4. The molecule has 0 aromatic carbocycles. The molecule has 0 atom stereocenters. The molecule has 5 nitrogen and oxygen atoms in total. The van der Waals surface area contributed by atoms with Crippen molar-refractivity contribution in [3.05, 3.63) is 29.4 Å². The van der Waals surface area contributed by atoms with Crippen molar-refractivity contribution in [3.8, 4) is 10.8 Å². The van der Waals surface area contributed by atoms with Crippen molar-refractivity contribution in [2.24, 2.45) is 0 Å². The highest BCUT2D eigenvalue weighted by Gasteiger charge is 2.20. The normalized spacial score (nSPS) is 10.8. The van der Waals surface area contributed by atoms with Gasteiger partial charge < -0.3 is 9.84 Å². The van der Waals surface area contributed by atoms with Crippen molar-refractivity contribution in [2.75, 3.05) is 0 Å². The van der Waals surface area contributed by atoms with Gasteiger partial charge in [-0.2, -0.15) is 13.9 Å². The first-order chi connectivity index (χ1) is 8.08. The predicted molar refractivity (Wildman–Crippen MR) is 55.0 cm³/mol. The Morgan fingerprint density at radius 2 is 2.35 bits per heavy atom. The summed E-state index contributed by atoms with van der Waals surface area (Å²) in [7, 11) is 0. The molecule has 0 aliphatic rings. The second kappa shape index (κ2) is 4.50. The van der Waals surface area contributed by atoms with Gasteiger partial charge in [-0.05, 0) is 6.07 Å². The van der Waals surface area contributed by atoms with Crippen LogP contribution in [0.15, 0.2) is 24.5 Å². The summed E-state index contributed by atoms with van der Waals surface area (Å²) in [4.78, 5) is 10.6. The maximum Gasteiger partial charge on any atom is 0.387 e. The van der Waals surface area contributed by atoms with Crippen LogP contribution in [0.5, 0.6) is 5.75 Å². The van der Waals surface area contributed by atoms with E-state index in [4.69, 9.17) is 5.11 Å². The molecule has 0 unspecified atom stereocenters. The summed E-state index contributed by atoms with van der Waals surface area (Å²) in [6.45, 7) is -3.06. The van der Waals surface area contributed by atoms with Gasteiger partial charge in [0.1, 0.15) is 5.00 Å². The molecule has 8 heteroatoms. The number of thiophene rings is 1. The molecule has 0 fully saturated rings. The van der Waals surface area contributed by atoms with Crippen LogP contribution < -0.4 is 4.74 Å². The third kappa shape index (κ3) is 2.41. The second-order valence-corrected chi connectivity index (χ2v) is 3.94. The van der Waals surface area contributed by atoms with Crippen LogP contribution in [0.25, 0.3) is 5.00 Å². The Bertz CT molecular complexity index is 524. The Morgan fingerprint density at radius 3 is 2.88 bits per heavy atom. The molecule has 2 rings (SSSR count). The van der Waals surface area contributed by atoms with E-state index < -0.39 is 12.6 Å². The number of halogens is 2. The predicted octanol–water partition coefficient (Wildman–Crippen LogP) is 2.23. The smallest absolute Gasteiger partial charge is 0.387 e. The summed E-state index contributed by atoms with van der Waals surface area (Å²) in [5.74, 6) is -1.67. The minimum Gasteiger partial charge on any atom is -0.477 e. The molecular formula is C9H6F2N2O3S. The third-order valence-corrected chi connectivity index (χ3v) is 2.92. The number of carboxylic acids is 1. The number of nitrogens with zero attached hydrogens (tertiary/aromatic N) is 2. The number of aromatic carboxylic acids is 1. The highest BCUT2D eigenvalue weighted by molar-refractivity contribution is 7.16. The molecular weight excluding hydrogens is 254 g/mol. The number of carbonyl (C=O) groups is 1. The van der Waals surface area contributed by atoms with E-state index in [1.807, 2.05) is 0 Å². The Balaban J connectivity index is 2.41. The molecule has 17 heavy (non-hydrogen) atoms. The Hall–Kier alpha value is -1.96. The van der Waals surface area contributed by atoms with Crippen LogP contribution in [-0.4, -0.2) is 27.5 Å². The van der Waals surface area contributed by atoms with Gasteiger partial charge in [0.15, 0.2) is 10.6 Å². The first-order valence-corrected chi connectivity index (χ1v) is 5.21. The average molecular weight is 260 g/mol. The Morgan fingerprint density at radius 1 is 1.59 bits per heavy atom. The lowest BCUT2D eigenvalue weighted by Crippen LogP contribution is -2.04. The van der Waals surface area contributed by atoms with Gasteiger partial charge in [-0.1, -0.05) is 0 Å². The zero-order valence-electron chi connectivity index (χ0n) is 8.21. The molecule has 0 spiro atoms. The van der Waals surface area contributed by atoms with Crippen molar-refractivity contribution in [1.29, 1.82) is 0 Å². The minimum absolute atomic E-state index is 0.282. The topological polar surface area (TPSA) is 64.3 Å². The molecule has 0 radical (unpaired) electrons. The molecule has 90 valence electrons. The van der Waals surface area contributed by atoms with Crippen LogP contribution in [0, 0.1) is 0 Å². The van der Waals surface area contributed by atoms with Crippen molar-refractivity contribution in [2.45, 2.75) is 6.61 Å². The van der Waals surface area contributed by atoms with Crippen molar-refractivity contribution in [3.63, 3.8) is 0 Å². The van der Waals surface area contributed by atoms with Gasteiger partial charge in [0, 0.05) is 18.5 Å². The fourth-order valence-corrected chi connectivity index (χ4v) is 2.08. The van der Waals surface area contributed by atoms with E-state index in [1.54, 1.807) is 12.3 Å². The lowest BCUT2D eigenvalue weighted by atomic mass is 10.4. The van der Waals surface area contributed by atoms with Crippen LogP contribution in [0.3, 0.4) is 0 Å².